The molecule has 0 aliphatic rings. The Hall–Kier alpha value is -1.32. The first-order valence-corrected chi connectivity index (χ1v) is 7.46. The molecule has 1 unspecified atom stereocenters. The molecule has 1 atom stereocenters. The summed E-state index contributed by atoms with van der Waals surface area (Å²) in [4.78, 5) is 5.46. The summed E-state index contributed by atoms with van der Waals surface area (Å²) in [6, 6.07) is 15.5. The maximum Gasteiger partial charge on any atom is 0.0933 e. The van der Waals surface area contributed by atoms with Crippen LogP contribution in [0.3, 0.4) is 0 Å². The summed E-state index contributed by atoms with van der Waals surface area (Å²) in [5.41, 5.74) is 4.91. The maximum atomic E-state index is 6.11. The van der Waals surface area contributed by atoms with Crippen LogP contribution in [-0.4, -0.2) is 6.04 Å². The number of benzene rings is 2. The van der Waals surface area contributed by atoms with Crippen molar-refractivity contribution in [2.75, 3.05) is 0 Å². The second kappa shape index (κ2) is 8.20. The average molecular weight is 322 g/mol. The van der Waals surface area contributed by atoms with Crippen LogP contribution in [0.15, 0.2) is 54.6 Å². The molecule has 0 aliphatic carbocycles. The van der Waals surface area contributed by atoms with Gasteiger partial charge in [-0.25, -0.2) is 0 Å². The minimum atomic E-state index is 0.0426. The van der Waals surface area contributed by atoms with E-state index in [4.69, 9.17) is 28.0 Å². The highest BCUT2D eigenvalue weighted by molar-refractivity contribution is 6.37. The summed E-state index contributed by atoms with van der Waals surface area (Å²) in [5.74, 6) is 0. The Bertz CT molecular complexity index is 579. The van der Waals surface area contributed by atoms with Gasteiger partial charge < -0.3 is 0 Å². The largest absolute Gasteiger partial charge is 0.296 e. The third-order valence-electron chi connectivity index (χ3n) is 2.90. The van der Waals surface area contributed by atoms with Gasteiger partial charge in [0.25, 0.3) is 0 Å². The van der Waals surface area contributed by atoms with Gasteiger partial charge >= 0.3 is 0 Å². The lowest BCUT2D eigenvalue weighted by Gasteiger charge is -2.10. The molecule has 110 valence electrons. The molecule has 1 N–H and O–H groups in total. The van der Waals surface area contributed by atoms with Crippen molar-refractivity contribution in [3.8, 4) is 0 Å². The monoisotopic (exact) mass is 321 g/mol. The number of nitrogens with one attached hydrogen (secondary N) is 1. The molecule has 0 aromatic heterocycles. The molecular weight excluding hydrogens is 305 g/mol. The van der Waals surface area contributed by atoms with Gasteiger partial charge in [-0.05, 0) is 24.6 Å². The number of hydroxylamine groups is 1. The fraction of sp³-hybridized carbons (Fsp3) is 0.176. The van der Waals surface area contributed by atoms with Gasteiger partial charge in [-0.1, -0.05) is 71.8 Å². The van der Waals surface area contributed by atoms with Crippen LogP contribution in [-0.2, 0) is 11.4 Å². The number of halogens is 2. The minimum absolute atomic E-state index is 0.0426. The Balaban J connectivity index is 1.84. The highest BCUT2D eigenvalue weighted by Crippen LogP contribution is 2.25. The first-order chi connectivity index (χ1) is 10.2. The SMILES string of the molecule is CC(/C=C/c1c(Cl)cccc1Cl)NOCc1ccccc1. The number of hydrogen-bond acceptors (Lipinski definition) is 2. The van der Waals surface area contributed by atoms with Crippen LogP contribution in [0.2, 0.25) is 10.0 Å². The quantitative estimate of drug-likeness (QED) is 0.746. The standard InChI is InChI=1S/C17H17Cl2NO/c1-13(20-21-12-14-6-3-2-4-7-14)10-11-15-16(18)8-5-9-17(15)19/h2-11,13,20H,12H2,1H3/b11-10+. The molecule has 2 aromatic rings. The second-order valence-corrected chi connectivity index (χ2v) is 5.49. The second-order valence-electron chi connectivity index (χ2n) is 4.68. The molecule has 0 aliphatic heterocycles. The maximum absolute atomic E-state index is 6.11. The molecule has 0 fully saturated rings. The number of hydrogen-bond donors (Lipinski definition) is 1. The van der Waals surface area contributed by atoms with E-state index in [-0.39, 0.29) is 6.04 Å². The molecule has 4 heteroatoms. The van der Waals surface area contributed by atoms with Crippen LogP contribution >= 0.6 is 23.2 Å². The molecule has 0 radical (unpaired) electrons. The summed E-state index contributed by atoms with van der Waals surface area (Å²) in [6.45, 7) is 2.51. The van der Waals surface area contributed by atoms with Gasteiger partial charge in [-0.2, -0.15) is 5.48 Å². The van der Waals surface area contributed by atoms with Crippen molar-refractivity contribution >= 4 is 29.3 Å². The zero-order valence-corrected chi connectivity index (χ0v) is 13.2. The fourth-order valence-corrected chi connectivity index (χ4v) is 2.30. The summed E-state index contributed by atoms with van der Waals surface area (Å²) in [7, 11) is 0. The molecule has 2 aromatic carbocycles. The van der Waals surface area contributed by atoms with Gasteiger partial charge in [0.2, 0.25) is 0 Å². The average Bonchev–Trinajstić information content (AvgIpc) is 2.48. The Kier molecular flexibility index (Phi) is 6.27. The van der Waals surface area contributed by atoms with Crippen molar-refractivity contribution in [3.63, 3.8) is 0 Å². The van der Waals surface area contributed by atoms with E-state index in [0.29, 0.717) is 16.7 Å². The van der Waals surface area contributed by atoms with E-state index in [1.165, 1.54) is 0 Å². The molecule has 2 rings (SSSR count). The highest BCUT2D eigenvalue weighted by Gasteiger charge is 2.02. The lowest BCUT2D eigenvalue weighted by atomic mass is 10.2. The van der Waals surface area contributed by atoms with Crippen molar-refractivity contribution in [2.45, 2.75) is 19.6 Å². The van der Waals surface area contributed by atoms with E-state index in [1.54, 1.807) is 0 Å². The van der Waals surface area contributed by atoms with Crippen LogP contribution in [0.4, 0.5) is 0 Å². The topological polar surface area (TPSA) is 21.3 Å². The summed E-state index contributed by atoms with van der Waals surface area (Å²) in [6.07, 6.45) is 3.85. The van der Waals surface area contributed by atoms with E-state index < -0.39 is 0 Å². The Morgan fingerprint density at radius 3 is 2.38 bits per heavy atom. The van der Waals surface area contributed by atoms with Gasteiger partial charge in [0.05, 0.1) is 6.61 Å². The van der Waals surface area contributed by atoms with E-state index in [0.717, 1.165) is 11.1 Å². The summed E-state index contributed by atoms with van der Waals surface area (Å²) in [5, 5.41) is 1.27. The van der Waals surface area contributed by atoms with Crippen LogP contribution in [0.25, 0.3) is 6.08 Å². The Morgan fingerprint density at radius 2 is 1.71 bits per heavy atom. The zero-order valence-electron chi connectivity index (χ0n) is 11.7. The van der Waals surface area contributed by atoms with E-state index in [9.17, 15) is 0 Å². The third-order valence-corrected chi connectivity index (χ3v) is 3.56. The van der Waals surface area contributed by atoms with Gasteiger partial charge in [0, 0.05) is 21.7 Å². The van der Waals surface area contributed by atoms with E-state index in [1.807, 2.05) is 67.6 Å². The Morgan fingerprint density at radius 1 is 1.05 bits per heavy atom. The lowest BCUT2D eigenvalue weighted by molar-refractivity contribution is 0.0172. The van der Waals surface area contributed by atoms with Crippen molar-refractivity contribution in [1.82, 2.24) is 5.48 Å². The molecule has 21 heavy (non-hydrogen) atoms. The first-order valence-electron chi connectivity index (χ1n) is 6.70. The third kappa shape index (κ3) is 5.18. The minimum Gasteiger partial charge on any atom is -0.296 e. The molecule has 0 amide bonds. The smallest absolute Gasteiger partial charge is 0.0933 e. The van der Waals surface area contributed by atoms with Crippen LogP contribution in [0.5, 0.6) is 0 Å². The van der Waals surface area contributed by atoms with Crippen molar-refractivity contribution in [2.24, 2.45) is 0 Å². The van der Waals surface area contributed by atoms with Crippen molar-refractivity contribution in [3.05, 3.63) is 75.8 Å². The van der Waals surface area contributed by atoms with Gasteiger partial charge in [0.1, 0.15) is 0 Å². The van der Waals surface area contributed by atoms with Crippen molar-refractivity contribution in [1.29, 1.82) is 0 Å². The predicted molar refractivity (Wildman–Crippen MR) is 89.3 cm³/mol. The van der Waals surface area contributed by atoms with Gasteiger partial charge in [0.15, 0.2) is 0 Å². The van der Waals surface area contributed by atoms with Crippen molar-refractivity contribution < 1.29 is 4.84 Å². The van der Waals surface area contributed by atoms with Gasteiger partial charge in [-0.15, -0.1) is 0 Å². The molecule has 0 heterocycles. The lowest BCUT2D eigenvalue weighted by Crippen LogP contribution is -2.23. The molecule has 2 nitrogen and oxygen atoms in total. The van der Waals surface area contributed by atoms with Crippen LogP contribution in [0.1, 0.15) is 18.1 Å². The molecular formula is C17H17Cl2NO. The zero-order chi connectivity index (χ0) is 15.1. The van der Waals surface area contributed by atoms with E-state index >= 15 is 0 Å². The first kappa shape index (κ1) is 16.1. The fourth-order valence-electron chi connectivity index (χ4n) is 1.78. The molecule has 0 bridgehead atoms. The normalized spacial score (nSPS) is 12.7. The molecule has 0 saturated heterocycles. The number of rotatable bonds is 6. The predicted octanol–water partition coefficient (Wildman–Crippen LogP) is 5.12. The summed E-state index contributed by atoms with van der Waals surface area (Å²) < 4.78 is 0. The molecule has 0 spiro atoms. The Labute approximate surface area is 135 Å². The van der Waals surface area contributed by atoms with E-state index in [2.05, 4.69) is 5.48 Å². The molecule has 0 saturated carbocycles. The highest BCUT2D eigenvalue weighted by atomic mass is 35.5. The van der Waals surface area contributed by atoms with Crippen LogP contribution < -0.4 is 5.48 Å². The summed E-state index contributed by atoms with van der Waals surface area (Å²) >= 11 is 12.2. The van der Waals surface area contributed by atoms with Gasteiger partial charge in [-0.3, -0.25) is 4.84 Å². The van der Waals surface area contributed by atoms with Crippen LogP contribution in [0, 0.1) is 0 Å².